The Balaban J connectivity index is 1.43. The lowest BCUT2D eigenvalue weighted by atomic mass is 9.84. The third-order valence-electron chi connectivity index (χ3n) is 6.20. The Morgan fingerprint density at radius 3 is 1.92 bits per heavy atom. The van der Waals surface area contributed by atoms with Crippen molar-refractivity contribution in [3.63, 3.8) is 0 Å². The highest BCUT2D eigenvalue weighted by atomic mass is 32.2. The Bertz CT molecular complexity index is 1230. The van der Waals surface area contributed by atoms with Gasteiger partial charge in [0.1, 0.15) is 25.3 Å². The van der Waals surface area contributed by atoms with Crippen LogP contribution in [0, 0.1) is 5.92 Å². The topological polar surface area (TPSA) is 86.1 Å². The van der Waals surface area contributed by atoms with E-state index in [-0.39, 0.29) is 24.3 Å². The highest BCUT2D eigenvalue weighted by molar-refractivity contribution is 8.01. The van der Waals surface area contributed by atoms with Gasteiger partial charge in [-0.05, 0) is 16.7 Å². The normalized spacial score (nSPS) is 17.2. The van der Waals surface area contributed by atoms with Gasteiger partial charge in [-0.3, -0.25) is 14.3 Å². The fourth-order valence-electron chi connectivity index (χ4n) is 4.40. The lowest BCUT2D eigenvalue weighted by molar-refractivity contribution is -0.148. The number of carbonyl (C=O) groups is 2. The molecule has 7 nitrogen and oxygen atoms in total. The van der Waals surface area contributed by atoms with Gasteiger partial charge in [-0.25, -0.2) is 4.98 Å². The van der Waals surface area contributed by atoms with Crippen LogP contribution in [0.25, 0.3) is 0 Å². The number of carbonyl (C=O) groups excluding carboxylic acids is 2. The van der Waals surface area contributed by atoms with Crippen molar-refractivity contribution in [2.45, 2.75) is 16.5 Å². The summed E-state index contributed by atoms with van der Waals surface area (Å²) in [5.41, 5.74) is 3.31. The van der Waals surface area contributed by atoms with E-state index in [1.165, 1.54) is 11.0 Å². The predicted octanol–water partition coefficient (Wildman–Crippen LogP) is 3.70. The van der Waals surface area contributed by atoms with Crippen LogP contribution >= 0.6 is 11.8 Å². The molecule has 0 radical (unpaired) electrons. The number of hydrogen-bond donors (Lipinski definition) is 1. The van der Waals surface area contributed by atoms with Crippen LogP contribution in [0.1, 0.15) is 22.5 Å². The Morgan fingerprint density at radius 2 is 1.47 bits per heavy atom. The van der Waals surface area contributed by atoms with E-state index in [0.717, 1.165) is 16.7 Å². The van der Waals surface area contributed by atoms with Crippen molar-refractivity contribution in [2.75, 3.05) is 6.61 Å². The number of rotatable bonds is 9. The van der Waals surface area contributed by atoms with E-state index >= 15 is 0 Å². The summed E-state index contributed by atoms with van der Waals surface area (Å²) >= 11 is 1.66. The molecule has 182 valence electrons. The number of esters is 1. The molecular weight excluding hydrogens is 472 g/mol. The van der Waals surface area contributed by atoms with Gasteiger partial charge in [-0.1, -0.05) is 91.0 Å². The lowest BCUT2D eigenvalue weighted by Gasteiger charge is -2.44. The Hall–Kier alpha value is -3.91. The molecule has 2 unspecified atom stereocenters. The van der Waals surface area contributed by atoms with Crippen LogP contribution in [-0.4, -0.2) is 38.6 Å². The van der Waals surface area contributed by atoms with E-state index in [4.69, 9.17) is 4.74 Å². The van der Waals surface area contributed by atoms with Gasteiger partial charge in [0.15, 0.2) is 5.82 Å². The molecule has 1 aliphatic rings. The predicted molar refractivity (Wildman–Crippen MR) is 138 cm³/mol. The largest absolute Gasteiger partial charge is 0.464 e. The number of aryl methyl sites for hydroxylation is 1. The van der Waals surface area contributed by atoms with E-state index in [0.29, 0.717) is 5.82 Å². The smallest absolute Gasteiger partial charge is 0.313 e. The minimum absolute atomic E-state index is 0.00359. The minimum atomic E-state index is -0.581. The summed E-state index contributed by atoms with van der Waals surface area (Å²) in [6, 6.07) is 30.8. The van der Waals surface area contributed by atoms with Gasteiger partial charge in [-0.15, -0.1) is 11.8 Å². The van der Waals surface area contributed by atoms with Crippen molar-refractivity contribution in [2.24, 2.45) is 13.0 Å². The monoisotopic (exact) mass is 498 g/mol. The highest BCUT2D eigenvalue weighted by Crippen LogP contribution is 2.52. The molecule has 2 heterocycles. The number of amides is 1. The van der Waals surface area contributed by atoms with Gasteiger partial charge in [0.25, 0.3) is 0 Å². The molecule has 8 heteroatoms. The molecule has 1 fully saturated rings. The number of nitrogens with zero attached hydrogens (tertiary/aromatic N) is 3. The first-order valence-electron chi connectivity index (χ1n) is 11.7. The average molecular weight is 499 g/mol. The van der Waals surface area contributed by atoms with E-state index in [9.17, 15) is 9.59 Å². The van der Waals surface area contributed by atoms with E-state index in [2.05, 4.69) is 51.8 Å². The molecule has 0 aliphatic carbocycles. The number of nitrogens with one attached hydrogen (secondary N) is 1. The Labute approximate surface area is 213 Å². The van der Waals surface area contributed by atoms with Crippen molar-refractivity contribution < 1.29 is 14.3 Å². The van der Waals surface area contributed by atoms with Gasteiger partial charge >= 0.3 is 5.97 Å². The molecule has 0 saturated carbocycles. The summed E-state index contributed by atoms with van der Waals surface area (Å²) in [6.45, 7) is 0.00359. The van der Waals surface area contributed by atoms with E-state index in [1.54, 1.807) is 18.8 Å². The van der Waals surface area contributed by atoms with Crippen LogP contribution in [-0.2, 0) is 32.5 Å². The summed E-state index contributed by atoms with van der Waals surface area (Å²) in [7, 11) is 1.74. The third kappa shape index (κ3) is 4.77. The second-order valence-electron chi connectivity index (χ2n) is 8.63. The maximum atomic E-state index is 12.6. The standard InChI is InChI=1S/C28H26N4O3S/c1-32-19-29-24(31-32)17-25(33)35-18-23-26(34)30-27(23)36-28(20-11-5-2-6-12-20,21-13-7-3-8-14-21)22-15-9-4-10-16-22/h2-16,19,23,27H,17-18H2,1H3,(H,30,34). The van der Waals surface area contributed by atoms with Crippen LogP contribution in [0.5, 0.6) is 0 Å². The van der Waals surface area contributed by atoms with Gasteiger partial charge in [0.2, 0.25) is 5.91 Å². The molecule has 1 N–H and O–H groups in total. The van der Waals surface area contributed by atoms with Gasteiger partial charge in [-0.2, -0.15) is 5.10 Å². The quantitative estimate of drug-likeness (QED) is 0.215. The van der Waals surface area contributed by atoms with E-state index in [1.807, 2.05) is 54.6 Å². The number of benzene rings is 3. The van der Waals surface area contributed by atoms with Gasteiger partial charge < -0.3 is 10.1 Å². The maximum Gasteiger partial charge on any atom is 0.313 e. The first-order chi connectivity index (χ1) is 17.6. The number of hydrogen-bond acceptors (Lipinski definition) is 6. The van der Waals surface area contributed by atoms with Crippen LogP contribution in [0.15, 0.2) is 97.3 Å². The third-order valence-corrected chi connectivity index (χ3v) is 7.97. The van der Waals surface area contributed by atoms with Crippen LogP contribution in [0.2, 0.25) is 0 Å². The second kappa shape index (κ2) is 10.4. The minimum Gasteiger partial charge on any atom is -0.464 e. The molecule has 5 rings (SSSR count). The lowest BCUT2D eigenvalue weighted by Crippen LogP contribution is -2.59. The van der Waals surface area contributed by atoms with Crippen LogP contribution in [0.4, 0.5) is 0 Å². The Morgan fingerprint density at radius 1 is 0.944 bits per heavy atom. The number of β-lactam (4-membered cyclic amide) rings is 1. The maximum absolute atomic E-state index is 12.6. The molecule has 3 aromatic carbocycles. The van der Waals surface area contributed by atoms with Crippen molar-refractivity contribution >= 4 is 23.6 Å². The molecular formula is C28H26N4O3S. The molecule has 1 aromatic heterocycles. The molecule has 1 saturated heterocycles. The fourth-order valence-corrected chi connectivity index (χ4v) is 6.14. The SMILES string of the molecule is Cn1cnc(CC(=O)OCC2C(=O)NC2SC(c2ccccc2)(c2ccccc2)c2ccccc2)n1. The molecule has 4 aromatic rings. The Kier molecular flexibility index (Phi) is 6.86. The van der Waals surface area contributed by atoms with Crippen molar-refractivity contribution in [3.05, 3.63) is 120 Å². The molecule has 0 spiro atoms. The number of thioether (sulfide) groups is 1. The number of ether oxygens (including phenoxy) is 1. The van der Waals surface area contributed by atoms with Crippen molar-refractivity contribution in [3.8, 4) is 0 Å². The van der Waals surface area contributed by atoms with Gasteiger partial charge in [0, 0.05) is 7.05 Å². The number of aromatic nitrogens is 3. The average Bonchev–Trinajstić information content (AvgIpc) is 3.32. The van der Waals surface area contributed by atoms with Gasteiger partial charge in [0.05, 0.1) is 10.1 Å². The van der Waals surface area contributed by atoms with Crippen molar-refractivity contribution in [1.82, 2.24) is 20.1 Å². The first kappa shape index (κ1) is 23.8. The summed E-state index contributed by atoms with van der Waals surface area (Å²) in [4.78, 5) is 29.0. The van der Waals surface area contributed by atoms with Crippen LogP contribution in [0.3, 0.4) is 0 Å². The zero-order valence-electron chi connectivity index (χ0n) is 19.8. The molecule has 2 atom stereocenters. The highest BCUT2D eigenvalue weighted by Gasteiger charge is 2.48. The second-order valence-corrected chi connectivity index (χ2v) is 9.98. The fraction of sp³-hybridized carbons (Fsp3) is 0.214. The molecule has 0 bridgehead atoms. The molecule has 1 amide bonds. The van der Waals surface area contributed by atoms with Crippen LogP contribution < -0.4 is 5.32 Å². The van der Waals surface area contributed by atoms with Crippen molar-refractivity contribution in [1.29, 1.82) is 0 Å². The zero-order chi connectivity index (χ0) is 25.0. The summed E-state index contributed by atoms with van der Waals surface area (Å²) < 4.78 is 6.44. The summed E-state index contributed by atoms with van der Waals surface area (Å²) in [5.74, 6) is -0.654. The zero-order valence-corrected chi connectivity index (χ0v) is 20.6. The summed E-state index contributed by atoms with van der Waals surface area (Å²) in [6.07, 6.45) is 1.50. The molecule has 36 heavy (non-hydrogen) atoms. The molecule has 1 aliphatic heterocycles. The first-order valence-corrected chi connectivity index (χ1v) is 12.6. The van der Waals surface area contributed by atoms with E-state index < -0.39 is 16.6 Å². The summed E-state index contributed by atoms with van der Waals surface area (Å²) in [5, 5.41) is 6.90.